The standard InChI is InChI=1S/C24H28ClN3O3S2/c1-26-24-27(2)16-21(32-24)13-17-7-10-28(11-8-17)23(29)9-12-33(30,31)22-6-4-18-14-20(25)5-3-19(18)15-22/h3-6,14-17H,7-13H2,1-2H3/b26-24-. The van der Waals surface area contributed by atoms with E-state index in [1.807, 2.05) is 16.5 Å². The number of amides is 1. The van der Waals surface area contributed by atoms with Crippen molar-refractivity contribution in [1.29, 1.82) is 0 Å². The number of likely N-dealkylation sites (tertiary alicyclic amines) is 1. The number of benzene rings is 2. The van der Waals surface area contributed by atoms with Crippen molar-refractivity contribution in [1.82, 2.24) is 9.47 Å². The molecule has 0 spiro atoms. The fraction of sp³-hybridized carbons (Fsp3) is 0.417. The maximum absolute atomic E-state index is 12.8. The number of hydrogen-bond acceptors (Lipinski definition) is 5. The fourth-order valence-electron chi connectivity index (χ4n) is 4.34. The summed E-state index contributed by atoms with van der Waals surface area (Å²) in [5, 5.41) is 2.31. The van der Waals surface area contributed by atoms with Gasteiger partial charge in [-0.3, -0.25) is 9.79 Å². The number of carbonyl (C=O) groups is 1. The van der Waals surface area contributed by atoms with Crippen molar-refractivity contribution in [2.75, 3.05) is 25.9 Å². The number of fused-ring (bicyclic) bond motifs is 1. The Balaban J connectivity index is 1.31. The third-order valence-corrected chi connectivity index (χ3v) is 9.36. The molecule has 2 heterocycles. The molecule has 1 aromatic heterocycles. The number of piperidine rings is 1. The fourth-order valence-corrected chi connectivity index (χ4v) is 6.84. The molecule has 33 heavy (non-hydrogen) atoms. The number of carbonyl (C=O) groups excluding carboxylic acids is 1. The zero-order chi connectivity index (χ0) is 23.6. The minimum Gasteiger partial charge on any atom is -0.343 e. The Labute approximate surface area is 203 Å². The van der Waals surface area contributed by atoms with Gasteiger partial charge in [0.2, 0.25) is 5.91 Å². The number of hydrogen-bond donors (Lipinski definition) is 0. The highest BCUT2D eigenvalue weighted by atomic mass is 35.5. The van der Waals surface area contributed by atoms with Crippen molar-refractivity contribution < 1.29 is 13.2 Å². The number of thiazole rings is 1. The first-order chi connectivity index (χ1) is 15.7. The maximum Gasteiger partial charge on any atom is 0.223 e. The van der Waals surface area contributed by atoms with Crippen LogP contribution in [0.3, 0.4) is 0 Å². The molecule has 4 rings (SSSR count). The second-order valence-corrected chi connectivity index (χ2v) is 12.2. The second kappa shape index (κ2) is 9.99. The molecular weight excluding hydrogens is 478 g/mol. The van der Waals surface area contributed by atoms with E-state index in [0.29, 0.717) is 24.0 Å². The Bertz CT molecular complexity index is 1340. The summed E-state index contributed by atoms with van der Waals surface area (Å²) in [5.74, 6) is 0.270. The molecule has 0 bridgehead atoms. The quantitative estimate of drug-likeness (QED) is 0.507. The Morgan fingerprint density at radius 1 is 1.15 bits per heavy atom. The summed E-state index contributed by atoms with van der Waals surface area (Å²) < 4.78 is 27.7. The molecule has 0 atom stereocenters. The normalized spacial score (nSPS) is 16.0. The van der Waals surface area contributed by atoms with Crippen LogP contribution in [0.1, 0.15) is 24.1 Å². The SMILES string of the molecule is C/N=c1\sc(CC2CCN(C(=O)CCS(=O)(=O)c3ccc4cc(Cl)ccc4c3)CC2)cn1C. The molecule has 1 aliphatic heterocycles. The van der Waals surface area contributed by atoms with Crippen LogP contribution in [0.5, 0.6) is 0 Å². The van der Waals surface area contributed by atoms with Crippen molar-refractivity contribution in [3.05, 3.63) is 57.3 Å². The second-order valence-electron chi connectivity index (χ2n) is 8.56. The molecule has 2 aromatic carbocycles. The lowest BCUT2D eigenvalue weighted by atomic mass is 9.93. The summed E-state index contributed by atoms with van der Waals surface area (Å²) in [4.78, 5) is 21.4. The van der Waals surface area contributed by atoms with Crippen molar-refractivity contribution in [3.8, 4) is 0 Å². The minimum atomic E-state index is -3.54. The van der Waals surface area contributed by atoms with Crippen molar-refractivity contribution in [2.24, 2.45) is 18.0 Å². The Morgan fingerprint density at radius 3 is 2.55 bits per heavy atom. The maximum atomic E-state index is 12.8. The Morgan fingerprint density at radius 2 is 1.85 bits per heavy atom. The van der Waals surface area contributed by atoms with E-state index in [9.17, 15) is 13.2 Å². The first kappa shape index (κ1) is 24.0. The van der Waals surface area contributed by atoms with Crippen LogP contribution in [0.15, 0.2) is 52.5 Å². The van der Waals surface area contributed by atoms with Gasteiger partial charge in [-0.1, -0.05) is 23.7 Å². The van der Waals surface area contributed by atoms with Crippen LogP contribution in [-0.4, -0.2) is 49.7 Å². The summed E-state index contributed by atoms with van der Waals surface area (Å²) in [7, 11) is 0.265. The van der Waals surface area contributed by atoms with Crippen LogP contribution in [0.25, 0.3) is 10.8 Å². The first-order valence-corrected chi connectivity index (χ1v) is 13.9. The Hall–Kier alpha value is -2.16. The van der Waals surface area contributed by atoms with Crippen LogP contribution < -0.4 is 4.80 Å². The number of aromatic nitrogens is 1. The summed E-state index contributed by atoms with van der Waals surface area (Å²) >= 11 is 7.72. The van der Waals surface area contributed by atoms with Gasteiger partial charge in [-0.15, -0.1) is 11.3 Å². The van der Waals surface area contributed by atoms with Crippen molar-refractivity contribution >= 4 is 49.5 Å². The average molecular weight is 506 g/mol. The molecule has 3 aromatic rings. The zero-order valence-electron chi connectivity index (χ0n) is 18.8. The highest BCUT2D eigenvalue weighted by molar-refractivity contribution is 7.91. The first-order valence-electron chi connectivity index (χ1n) is 11.0. The molecule has 1 amide bonds. The summed E-state index contributed by atoms with van der Waals surface area (Å²) in [6.45, 7) is 1.37. The van der Waals surface area contributed by atoms with Crippen LogP contribution in [0.2, 0.25) is 5.02 Å². The molecule has 1 aliphatic rings. The van der Waals surface area contributed by atoms with Gasteiger partial charge < -0.3 is 9.47 Å². The zero-order valence-corrected chi connectivity index (χ0v) is 21.2. The van der Waals surface area contributed by atoms with Gasteiger partial charge in [-0.05, 0) is 60.2 Å². The van der Waals surface area contributed by atoms with Crippen LogP contribution in [0, 0.1) is 5.92 Å². The molecule has 0 saturated carbocycles. The van der Waals surface area contributed by atoms with Gasteiger partial charge in [0.25, 0.3) is 0 Å². The highest BCUT2D eigenvalue weighted by Crippen LogP contribution is 2.25. The molecule has 1 saturated heterocycles. The molecule has 6 nitrogen and oxygen atoms in total. The molecule has 1 fully saturated rings. The third kappa shape index (κ3) is 5.67. The Kier molecular flexibility index (Phi) is 7.26. The molecule has 9 heteroatoms. The van der Waals surface area contributed by atoms with Gasteiger partial charge in [-0.25, -0.2) is 8.42 Å². The smallest absolute Gasteiger partial charge is 0.223 e. The third-order valence-electron chi connectivity index (χ3n) is 6.23. The van der Waals surface area contributed by atoms with E-state index in [2.05, 4.69) is 11.2 Å². The van der Waals surface area contributed by atoms with E-state index >= 15 is 0 Å². The van der Waals surface area contributed by atoms with Gasteiger partial charge in [-0.2, -0.15) is 0 Å². The van der Waals surface area contributed by atoms with E-state index in [0.717, 1.165) is 34.8 Å². The average Bonchev–Trinajstić information content (AvgIpc) is 3.16. The van der Waals surface area contributed by atoms with Crippen LogP contribution >= 0.6 is 22.9 Å². The van der Waals surface area contributed by atoms with E-state index in [4.69, 9.17) is 11.6 Å². The van der Waals surface area contributed by atoms with Gasteiger partial charge in [0.1, 0.15) is 0 Å². The summed E-state index contributed by atoms with van der Waals surface area (Å²) in [5.41, 5.74) is 0. The highest BCUT2D eigenvalue weighted by Gasteiger charge is 2.25. The van der Waals surface area contributed by atoms with Crippen LogP contribution in [0.4, 0.5) is 0 Å². The summed E-state index contributed by atoms with van der Waals surface area (Å²) in [6, 6.07) is 10.3. The number of sulfone groups is 1. The lowest BCUT2D eigenvalue weighted by molar-refractivity contribution is -0.132. The predicted molar refractivity (Wildman–Crippen MR) is 133 cm³/mol. The number of halogens is 1. The lowest BCUT2D eigenvalue weighted by Crippen LogP contribution is -2.39. The number of aryl methyl sites for hydroxylation is 1. The number of nitrogens with zero attached hydrogens (tertiary/aromatic N) is 3. The van der Waals surface area contributed by atoms with Crippen molar-refractivity contribution in [3.63, 3.8) is 0 Å². The van der Waals surface area contributed by atoms with Gasteiger partial charge in [0, 0.05) is 49.7 Å². The molecular formula is C24H28ClN3O3S2. The largest absolute Gasteiger partial charge is 0.343 e. The molecule has 0 unspecified atom stereocenters. The monoisotopic (exact) mass is 505 g/mol. The van der Waals surface area contributed by atoms with E-state index in [1.54, 1.807) is 54.8 Å². The molecule has 0 N–H and O–H groups in total. The lowest BCUT2D eigenvalue weighted by Gasteiger charge is -2.32. The molecule has 0 radical (unpaired) electrons. The molecule has 0 aliphatic carbocycles. The predicted octanol–water partition coefficient (Wildman–Crippen LogP) is 4.07. The van der Waals surface area contributed by atoms with E-state index < -0.39 is 9.84 Å². The topological polar surface area (TPSA) is 71.7 Å². The summed E-state index contributed by atoms with van der Waals surface area (Å²) in [6.07, 6.45) is 5.01. The van der Waals surface area contributed by atoms with E-state index in [-0.39, 0.29) is 23.0 Å². The minimum absolute atomic E-state index is 0.00772. The van der Waals surface area contributed by atoms with Gasteiger partial charge in [0.15, 0.2) is 14.6 Å². The molecule has 176 valence electrons. The van der Waals surface area contributed by atoms with Gasteiger partial charge in [0.05, 0.1) is 10.6 Å². The van der Waals surface area contributed by atoms with E-state index in [1.165, 1.54) is 4.88 Å². The van der Waals surface area contributed by atoms with Gasteiger partial charge >= 0.3 is 0 Å². The van der Waals surface area contributed by atoms with Crippen LogP contribution in [-0.2, 0) is 28.1 Å². The number of rotatable bonds is 6. The van der Waals surface area contributed by atoms with Crippen molar-refractivity contribution in [2.45, 2.75) is 30.6 Å².